The van der Waals surface area contributed by atoms with E-state index in [-0.39, 0.29) is 28.5 Å². The van der Waals surface area contributed by atoms with Crippen molar-refractivity contribution in [3.63, 3.8) is 0 Å². The molecule has 0 radical (unpaired) electrons. The Morgan fingerprint density at radius 2 is 1.63 bits per heavy atom. The maximum atomic E-state index is 13.2. The molecule has 0 saturated heterocycles. The third kappa shape index (κ3) is 5.80. The van der Waals surface area contributed by atoms with Crippen LogP contribution in [-0.2, 0) is 9.59 Å². The van der Waals surface area contributed by atoms with Gasteiger partial charge in [0, 0.05) is 17.3 Å². The lowest BCUT2D eigenvalue weighted by atomic mass is 10.1. The number of rotatable bonds is 9. The van der Waals surface area contributed by atoms with Crippen LogP contribution in [0, 0.1) is 11.6 Å². The van der Waals surface area contributed by atoms with Crippen LogP contribution in [0.1, 0.15) is 10.4 Å². The summed E-state index contributed by atoms with van der Waals surface area (Å²) in [6.45, 7) is -0.870. The molecule has 3 amide bonds. The topological polar surface area (TPSA) is 129 Å². The Morgan fingerprint density at radius 3 is 2.17 bits per heavy atom. The number of halogens is 2. The van der Waals surface area contributed by atoms with E-state index in [0.717, 1.165) is 12.1 Å². The summed E-state index contributed by atoms with van der Waals surface area (Å²) in [5.74, 6) is -3.90. The number of carbonyl (C=O) groups excluding carboxylic acids is 3. The predicted octanol–water partition coefficient (Wildman–Crippen LogP) is 1.21. The molecule has 0 saturated carbocycles. The fourth-order valence-electron chi connectivity index (χ4n) is 2.34. The van der Waals surface area contributed by atoms with Gasteiger partial charge in [0.2, 0.25) is 11.7 Å². The van der Waals surface area contributed by atoms with Crippen LogP contribution in [0.5, 0.6) is 17.2 Å². The maximum absolute atomic E-state index is 13.2. The first-order chi connectivity index (χ1) is 14.2. The number of ether oxygens (including phenoxy) is 3. The number of nitrogens with two attached hydrogens (primary N) is 1. The van der Waals surface area contributed by atoms with Gasteiger partial charge in [-0.05, 0) is 24.3 Å². The maximum Gasteiger partial charge on any atom is 0.255 e. The van der Waals surface area contributed by atoms with Crippen LogP contribution < -0.4 is 30.6 Å². The molecule has 0 atom stereocenters. The van der Waals surface area contributed by atoms with Crippen LogP contribution >= 0.6 is 0 Å². The molecule has 2 aromatic carbocycles. The number of primary amides is 1. The van der Waals surface area contributed by atoms with Crippen molar-refractivity contribution in [1.29, 1.82) is 0 Å². The molecule has 0 unspecified atom stereocenters. The van der Waals surface area contributed by atoms with Gasteiger partial charge in [-0.3, -0.25) is 14.4 Å². The lowest BCUT2D eigenvalue weighted by molar-refractivity contribution is -0.120. The summed E-state index contributed by atoms with van der Waals surface area (Å²) in [5.41, 5.74) is 5.17. The number of amides is 3. The monoisotopic (exact) mass is 423 g/mol. The highest BCUT2D eigenvalue weighted by Gasteiger charge is 2.19. The van der Waals surface area contributed by atoms with Gasteiger partial charge in [0.1, 0.15) is 0 Å². The largest absolute Gasteiger partial charge is 0.493 e. The third-order valence-corrected chi connectivity index (χ3v) is 3.69. The average Bonchev–Trinajstić information content (AvgIpc) is 2.72. The number of nitrogens with one attached hydrogen (secondary N) is 2. The summed E-state index contributed by atoms with van der Waals surface area (Å²) in [7, 11) is 2.64. The first-order valence-corrected chi connectivity index (χ1v) is 8.45. The molecule has 0 bridgehead atoms. The van der Waals surface area contributed by atoms with E-state index < -0.39 is 42.5 Å². The second-order valence-corrected chi connectivity index (χ2v) is 5.82. The van der Waals surface area contributed by atoms with Crippen molar-refractivity contribution in [3.8, 4) is 17.2 Å². The average molecular weight is 423 g/mol. The van der Waals surface area contributed by atoms with Crippen molar-refractivity contribution >= 4 is 23.4 Å². The predicted molar refractivity (Wildman–Crippen MR) is 102 cm³/mol. The zero-order valence-corrected chi connectivity index (χ0v) is 16.1. The summed E-state index contributed by atoms with van der Waals surface area (Å²) >= 11 is 0. The summed E-state index contributed by atoms with van der Waals surface area (Å²) < 4.78 is 41.7. The first kappa shape index (κ1) is 22.4. The molecule has 2 rings (SSSR count). The number of anilines is 1. The zero-order valence-electron chi connectivity index (χ0n) is 16.1. The van der Waals surface area contributed by atoms with E-state index in [0.29, 0.717) is 0 Å². The Bertz CT molecular complexity index is 942. The van der Waals surface area contributed by atoms with E-state index in [1.165, 1.54) is 32.4 Å². The minimum absolute atomic E-state index is 0.0347. The third-order valence-electron chi connectivity index (χ3n) is 3.69. The zero-order chi connectivity index (χ0) is 22.3. The Labute approximate surface area is 170 Å². The van der Waals surface area contributed by atoms with Crippen LogP contribution in [0.4, 0.5) is 14.5 Å². The summed E-state index contributed by atoms with van der Waals surface area (Å²) in [6, 6.07) is 5.50. The molecule has 9 nitrogen and oxygen atoms in total. The fraction of sp³-hybridized carbons (Fsp3) is 0.211. The molecule has 30 heavy (non-hydrogen) atoms. The van der Waals surface area contributed by atoms with Crippen LogP contribution in [0.15, 0.2) is 30.3 Å². The normalized spacial score (nSPS) is 10.1. The molecular weight excluding hydrogens is 404 g/mol. The molecule has 0 spiro atoms. The van der Waals surface area contributed by atoms with E-state index >= 15 is 0 Å². The lowest BCUT2D eigenvalue weighted by Crippen LogP contribution is -2.33. The molecule has 4 N–H and O–H groups in total. The SMILES string of the molecule is COc1cc(C(=O)NCC(=O)Nc2ccc(F)c(F)c2)cc(OC)c1OCC(N)=O. The number of hydrogen-bond donors (Lipinski definition) is 3. The van der Waals surface area contributed by atoms with Crippen LogP contribution in [0.25, 0.3) is 0 Å². The molecule has 0 heterocycles. The van der Waals surface area contributed by atoms with E-state index in [2.05, 4.69) is 10.6 Å². The minimum Gasteiger partial charge on any atom is -0.493 e. The standard InChI is InChI=1S/C19H19F2N3O6/c1-28-14-5-10(6-15(29-2)18(14)30-9-16(22)25)19(27)23-8-17(26)24-11-3-4-12(20)13(21)7-11/h3-7H,8-9H2,1-2H3,(H2,22,25)(H,23,27)(H,24,26). The van der Waals surface area contributed by atoms with Gasteiger partial charge in [-0.2, -0.15) is 0 Å². The minimum atomic E-state index is -1.12. The van der Waals surface area contributed by atoms with Crippen molar-refractivity contribution in [2.45, 2.75) is 0 Å². The summed E-state index contributed by atoms with van der Waals surface area (Å²) in [4.78, 5) is 35.3. The van der Waals surface area contributed by atoms with E-state index in [9.17, 15) is 23.2 Å². The van der Waals surface area contributed by atoms with Gasteiger partial charge in [0.05, 0.1) is 20.8 Å². The summed E-state index contributed by atoms with van der Waals surface area (Å²) in [6.07, 6.45) is 0. The molecule has 2 aromatic rings. The number of methoxy groups -OCH3 is 2. The van der Waals surface area contributed by atoms with Gasteiger partial charge in [0.15, 0.2) is 29.7 Å². The quantitative estimate of drug-likeness (QED) is 0.556. The molecule has 0 fully saturated rings. The van der Waals surface area contributed by atoms with Gasteiger partial charge in [-0.1, -0.05) is 0 Å². The summed E-state index contributed by atoms with van der Waals surface area (Å²) in [5, 5.41) is 4.70. The molecule has 0 aliphatic heterocycles. The Balaban J connectivity index is 2.07. The van der Waals surface area contributed by atoms with Crippen molar-refractivity contribution < 1.29 is 37.4 Å². The molecule has 0 aromatic heterocycles. The van der Waals surface area contributed by atoms with Gasteiger partial charge >= 0.3 is 0 Å². The highest BCUT2D eigenvalue weighted by molar-refractivity contribution is 6.00. The van der Waals surface area contributed by atoms with Crippen LogP contribution in [0.2, 0.25) is 0 Å². The number of hydrogen-bond acceptors (Lipinski definition) is 6. The number of carbonyl (C=O) groups is 3. The Kier molecular flexibility index (Phi) is 7.50. The van der Waals surface area contributed by atoms with Gasteiger partial charge in [-0.25, -0.2) is 8.78 Å². The fourth-order valence-corrected chi connectivity index (χ4v) is 2.34. The first-order valence-electron chi connectivity index (χ1n) is 8.45. The van der Waals surface area contributed by atoms with E-state index in [4.69, 9.17) is 19.9 Å². The second kappa shape index (κ2) is 10.0. The van der Waals surface area contributed by atoms with Crippen LogP contribution in [0.3, 0.4) is 0 Å². The molecule has 160 valence electrons. The second-order valence-electron chi connectivity index (χ2n) is 5.82. The van der Waals surface area contributed by atoms with Gasteiger partial charge in [0.25, 0.3) is 11.8 Å². The highest BCUT2D eigenvalue weighted by Crippen LogP contribution is 2.38. The molecular formula is C19H19F2N3O6. The van der Waals surface area contributed by atoms with Crippen molar-refractivity contribution in [1.82, 2.24) is 5.32 Å². The van der Waals surface area contributed by atoms with E-state index in [1.807, 2.05) is 0 Å². The van der Waals surface area contributed by atoms with Crippen molar-refractivity contribution in [2.75, 3.05) is 32.7 Å². The van der Waals surface area contributed by atoms with Gasteiger partial charge < -0.3 is 30.6 Å². The van der Waals surface area contributed by atoms with Gasteiger partial charge in [-0.15, -0.1) is 0 Å². The molecule has 0 aliphatic carbocycles. The Hall–Kier alpha value is -3.89. The lowest BCUT2D eigenvalue weighted by Gasteiger charge is -2.15. The molecule has 0 aliphatic rings. The Morgan fingerprint density at radius 1 is 1.00 bits per heavy atom. The highest BCUT2D eigenvalue weighted by atomic mass is 19.2. The molecule has 11 heteroatoms. The van der Waals surface area contributed by atoms with Crippen LogP contribution in [-0.4, -0.2) is 45.1 Å². The van der Waals surface area contributed by atoms with Crippen molar-refractivity contribution in [2.24, 2.45) is 5.73 Å². The smallest absolute Gasteiger partial charge is 0.255 e. The van der Waals surface area contributed by atoms with Crippen molar-refractivity contribution in [3.05, 3.63) is 47.5 Å². The number of benzene rings is 2. The van der Waals surface area contributed by atoms with E-state index in [1.54, 1.807) is 0 Å².